The number of aromatic nitrogens is 3. The Labute approximate surface area is 134 Å². The van der Waals surface area contributed by atoms with Gasteiger partial charge in [0.2, 0.25) is 0 Å². The standard InChI is InChI=1S/C16H21N5O2/c1-12-3-2-10-20(15(12)11-22)16(23)19-13-4-6-14(7-5-13)21-17-8-9-18-21/h4-9,12,15,22H,2-3,10-11H2,1H3,(H,19,23). The molecule has 1 aromatic heterocycles. The highest BCUT2D eigenvalue weighted by molar-refractivity contribution is 5.89. The monoisotopic (exact) mass is 315 g/mol. The fourth-order valence-corrected chi connectivity index (χ4v) is 3.00. The Morgan fingerprint density at radius 2 is 2.00 bits per heavy atom. The molecule has 1 fully saturated rings. The van der Waals surface area contributed by atoms with E-state index in [0.717, 1.165) is 18.5 Å². The van der Waals surface area contributed by atoms with Gasteiger partial charge < -0.3 is 15.3 Å². The van der Waals surface area contributed by atoms with Crippen molar-refractivity contribution in [3.63, 3.8) is 0 Å². The lowest BCUT2D eigenvalue weighted by Crippen LogP contribution is -2.51. The summed E-state index contributed by atoms with van der Waals surface area (Å²) < 4.78 is 0. The maximum absolute atomic E-state index is 12.5. The second-order valence-electron chi connectivity index (χ2n) is 5.86. The highest BCUT2D eigenvalue weighted by Crippen LogP contribution is 2.24. The van der Waals surface area contributed by atoms with Crippen LogP contribution in [0.4, 0.5) is 10.5 Å². The molecule has 2 N–H and O–H groups in total. The van der Waals surface area contributed by atoms with Gasteiger partial charge in [0.15, 0.2) is 0 Å². The highest BCUT2D eigenvalue weighted by Gasteiger charge is 2.31. The average molecular weight is 315 g/mol. The molecule has 2 heterocycles. The number of piperidine rings is 1. The molecule has 0 bridgehead atoms. The van der Waals surface area contributed by atoms with Gasteiger partial charge in [0.25, 0.3) is 0 Å². The van der Waals surface area contributed by atoms with Crippen LogP contribution in [0.3, 0.4) is 0 Å². The fourth-order valence-electron chi connectivity index (χ4n) is 3.00. The molecule has 0 spiro atoms. The number of hydrogen-bond acceptors (Lipinski definition) is 4. The molecular weight excluding hydrogens is 294 g/mol. The third-order valence-corrected chi connectivity index (χ3v) is 4.33. The van der Waals surface area contributed by atoms with Crippen LogP contribution >= 0.6 is 0 Å². The quantitative estimate of drug-likeness (QED) is 0.906. The van der Waals surface area contributed by atoms with Gasteiger partial charge in [0, 0.05) is 12.2 Å². The first-order valence-electron chi connectivity index (χ1n) is 7.84. The van der Waals surface area contributed by atoms with Crippen molar-refractivity contribution < 1.29 is 9.90 Å². The Morgan fingerprint density at radius 3 is 2.65 bits per heavy atom. The predicted molar refractivity (Wildman–Crippen MR) is 86.4 cm³/mol. The van der Waals surface area contributed by atoms with Crippen molar-refractivity contribution in [2.75, 3.05) is 18.5 Å². The van der Waals surface area contributed by atoms with Crippen LogP contribution in [0.25, 0.3) is 5.69 Å². The van der Waals surface area contributed by atoms with Crippen LogP contribution in [0.5, 0.6) is 0 Å². The first-order chi connectivity index (χ1) is 11.2. The molecule has 0 saturated carbocycles. The first kappa shape index (κ1) is 15.5. The molecule has 1 aliphatic rings. The number of amides is 2. The van der Waals surface area contributed by atoms with Crippen molar-refractivity contribution in [3.8, 4) is 5.69 Å². The van der Waals surface area contributed by atoms with Gasteiger partial charge in [-0.1, -0.05) is 6.92 Å². The van der Waals surface area contributed by atoms with E-state index in [-0.39, 0.29) is 18.7 Å². The maximum Gasteiger partial charge on any atom is 0.322 e. The summed E-state index contributed by atoms with van der Waals surface area (Å²) in [5.74, 6) is 0.313. The molecule has 0 radical (unpaired) electrons. The number of anilines is 1. The summed E-state index contributed by atoms with van der Waals surface area (Å²) in [6.07, 6.45) is 5.24. The van der Waals surface area contributed by atoms with E-state index in [1.54, 1.807) is 17.3 Å². The lowest BCUT2D eigenvalue weighted by molar-refractivity contribution is 0.0811. The summed E-state index contributed by atoms with van der Waals surface area (Å²) in [5.41, 5.74) is 1.54. The van der Waals surface area contributed by atoms with Gasteiger partial charge in [-0.2, -0.15) is 15.0 Å². The van der Waals surface area contributed by atoms with Crippen molar-refractivity contribution in [2.24, 2.45) is 5.92 Å². The molecule has 2 atom stereocenters. The fraction of sp³-hybridized carbons (Fsp3) is 0.438. The summed E-state index contributed by atoms with van der Waals surface area (Å²) in [6.45, 7) is 2.75. The molecule has 23 heavy (non-hydrogen) atoms. The van der Waals surface area contributed by atoms with Gasteiger partial charge in [-0.05, 0) is 43.0 Å². The summed E-state index contributed by atoms with van der Waals surface area (Å²) in [7, 11) is 0. The van der Waals surface area contributed by atoms with Crippen molar-refractivity contribution in [1.29, 1.82) is 0 Å². The van der Waals surface area contributed by atoms with Crippen molar-refractivity contribution >= 4 is 11.7 Å². The Balaban J connectivity index is 1.67. The Morgan fingerprint density at radius 1 is 1.30 bits per heavy atom. The van der Waals surface area contributed by atoms with Gasteiger partial charge in [0.05, 0.1) is 30.7 Å². The summed E-state index contributed by atoms with van der Waals surface area (Å²) >= 11 is 0. The van der Waals surface area contributed by atoms with Gasteiger partial charge in [-0.15, -0.1) is 0 Å². The zero-order valence-electron chi connectivity index (χ0n) is 13.1. The lowest BCUT2D eigenvalue weighted by atomic mass is 9.91. The van der Waals surface area contributed by atoms with Crippen LogP contribution in [0.1, 0.15) is 19.8 Å². The zero-order valence-corrected chi connectivity index (χ0v) is 13.1. The number of benzene rings is 1. The molecule has 3 rings (SSSR count). The van der Waals surface area contributed by atoms with Gasteiger partial charge in [-0.25, -0.2) is 4.79 Å². The van der Waals surface area contributed by atoms with E-state index in [1.807, 2.05) is 24.3 Å². The molecule has 7 heteroatoms. The Hall–Kier alpha value is -2.41. The number of likely N-dealkylation sites (tertiary alicyclic amines) is 1. The highest BCUT2D eigenvalue weighted by atomic mass is 16.3. The van der Waals surface area contributed by atoms with Crippen molar-refractivity contribution in [2.45, 2.75) is 25.8 Å². The minimum absolute atomic E-state index is 0.00150. The molecule has 2 unspecified atom stereocenters. The molecule has 2 amide bonds. The molecule has 0 aliphatic carbocycles. The average Bonchev–Trinajstić information content (AvgIpc) is 3.09. The van der Waals surface area contributed by atoms with E-state index < -0.39 is 0 Å². The zero-order chi connectivity index (χ0) is 16.2. The number of aliphatic hydroxyl groups is 1. The van der Waals surface area contributed by atoms with Crippen LogP contribution in [0, 0.1) is 5.92 Å². The number of carbonyl (C=O) groups excluding carboxylic acids is 1. The largest absolute Gasteiger partial charge is 0.394 e. The summed E-state index contributed by atoms with van der Waals surface area (Å²) in [5, 5.41) is 20.6. The smallest absolute Gasteiger partial charge is 0.322 e. The SMILES string of the molecule is CC1CCCN(C(=O)Nc2ccc(-n3nccn3)cc2)C1CO. The molecule has 2 aromatic rings. The Bertz CT molecular complexity index is 641. The number of urea groups is 1. The van der Waals surface area contributed by atoms with Crippen LogP contribution in [-0.2, 0) is 0 Å². The molecule has 7 nitrogen and oxygen atoms in total. The van der Waals surface area contributed by atoms with Crippen LogP contribution in [-0.4, -0.2) is 50.2 Å². The molecule has 1 saturated heterocycles. The van der Waals surface area contributed by atoms with E-state index >= 15 is 0 Å². The van der Waals surface area contributed by atoms with E-state index in [9.17, 15) is 9.90 Å². The number of hydrogen-bond donors (Lipinski definition) is 2. The topological polar surface area (TPSA) is 83.3 Å². The number of carbonyl (C=O) groups is 1. The Kier molecular flexibility index (Phi) is 4.57. The van der Waals surface area contributed by atoms with Gasteiger partial charge in [-0.3, -0.25) is 0 Å². The predicted octanol–water partition coefficient (Wildman–Crippen LogP) is 1.89. The maximum atomic E-state index is 12.5. The second-order valence-corrected chi connectivity index (χ2v) is 5.86. The number of rotatable bonds is 3. The van der Waals surface area contributed by atoms with E-state index in [1.165, 1.54) is 4.80 Å². The molecule has 1 aliphatic heterocycles. The number of aliphatic hydroxyl groups excluding tert-OH is 1. The first-order valence-corrected chi connectivity index (χ1v) is 7.84. The van der Waals surface area contributed by atoms with Crippen molar-refractivity contribution in [1.82, 2.24) is 19.9 Å². The number of nitrogens with zero attached hydrogens (tertiary/aromatic N) is 4. The van der Waals surface area contributed by atoms with Gasteiger partial charge in [0.1, 0.15) is 0 Å². The van der Waals surface area contributed by atoms with Crippen LogP contribution in [0.2, 0.25) is 0 Å². The third kappa shape index (κ3) is 3.34. The third-order valence-electron chi connectivity index (χ3n) is 4.33. The van der Waals surface area contributed by atoms with Crippen LogP contribution < -0.4 is 5.32 Å². The summed E-state index contributed by atoms with van der Waals surface area (Å²) in [6, 6.07) is 7.04. The van der Waals surface area contributed by atoms with Gasteiger partial charge >= 0.3 is 6.03 Å². The molecular formula is C16H21N5O2. The van der Waals surface area contributed by atoms with E-state index in [4.69, 9.17) is 0 Å². The summed E-state index contributed by atoms with van der Waals surface area (Å²) in [4.78, 5) is 15.7. The normalized spacial score (nSPS) is 21.2. The molecule has 122 valence electrons. The van der Waals surface area contributed by atoms with Crippen molar-refractivity contribution in [3.05, 3.63) is 36.7 Å². The molecule has 1 aromatic carbocycles. The minimum atomic E-state index is -0.166. The van der Waals surface area contributed by atoms with E-state index in [0.29, 0.717) is 18.2 Å². The lowest BCUT2D eigenvalue weighted by Gasteiger charge is -2.38. The minimum Gasteiger partial charge on any atom is -0.394 e. The van der Waals surface area contributed by atoms with E-state index in [2.05, 4.69) is 22.4 Å². The van der Waals surface area contributed by atoms with Crippen LogP contribution in [0.15, 0.2) is 36.7 Å². The number of nitrogens with one attached hydrogen (secondary N) is 1. The second kappa shape index (κ2) is 6.78.